The first-order valence-corrected chi connectivity index (χ1v) is 7.52. The van der Waals surface area contributed by atoms with E-state index in [0.29, 0.717) is 6.67 Å². The lowest BCUT2D eigenvalue weighted by atomic mass is 10.3. The van der Waals surface area contributed by atoms with E-state index in [1.165, 1.54) is 0 Å². The SMILES string of the molecule is C=N/C(=C\NCNc1ccc(OC)cc1)C1=CCC=CS1. The van der Waals surface area contributed by atoms with Gasteiger partial charge in [0.05, 0.1) is 19.5 Å². The number of hydrogen-bond acceptors (Lipinski definition) is 5. The Morgan fingerprint density at radius 2 is 2.24 bits per heavy atom. The highest BCUT2D eigenvalue weighted by molar-refractivity contribution is 8.06. The summed E-state index contributed by atoms with van der Waals surface area (Å²) in [4.78, 5) is 5.19. The molecule has 0 saturated heterocycles. The van der Waals surface area contributed by atoms with Gasteiger partial charge in [0.1, 0.15) is 5.75 Å². The van der Waals surface area contributed by atoms with E-state index in [1.807, 2.05) is 30.5 Å². The molecule has 110 valence electrons. The first kappa shape index (κ1) is 15.3. The molecule has 2 rings (SSSR count). The normalized spacial score (nSPS) is 14.3. The molecule has 2 N–H and O–H groups in total. The van der Waals surface area contributed by atoms with Gasteiger partial charge in [0.25, 0.3) is 0 Å². The molecule has 4 nitrogen and oxygen atoms in total. The Morgan fingerprint density at radius 1 is 1.43 bits per heavy atom. The summed E-state index contributed by atoms with van der Waals surface area (Å²) in [5.74, 6) is 0.848. The summed E-state index contributed by atoms with van der Waals surface area (Å²) >= 11 is 1.66. The van der Waals surface area contributed by atoms with Crippen molar-refractivity contribution < 1.29 is 4.74 Å². The summed E-state index contributed by atoms with van der Waals surface area (Å²) < 4.78 is 5.12. The van der Waals surface area contributed by atoms with Crippen LogP contribution in [0.5, 0.6) is 5.75 Å². The quantitative estimate of drug-likeness (QED) is 0.457. The summed E-state index contributed by atoms with van der Waals surface area (Å²) in [7, 11) is 1.66. The zero-order valence-electron chi connectivity index (χ0n) is 12.0. The van der Waals surface area contributed by atoms with Gasteiger partial charge >= 0.3 is 0 Å². The molecule has 0 amide bonds. The molecule has 0 unspecified atom stereocenters. The molecule has 0 aromatic heterocycles. The van der Waals surface area contributed by atoms with Gasteiger partial charge < -0.3 is 15.4 Å². The minimum absolute atomic E-state index is 0.610. The van der Waals surface area contributed by atoms with Crippen LogP contribution < -0.4 is 15.4 Å². The number of nitrogens with one attached hydrogen (secondary N) is 2. The smallest absolute Gasteiger partial charge is 0.119 e. The van der Waals surface area contributed by atoms with Gasteiger partial charge in [0, 0.05) is 16.8 Å². The van der Waals surface area contributed by atoms with Crippen LogP contribution in [0.3, 0.4) is 0 Å². The van der Waals surface area contributed by atoms with Gasteiger partial charge in [0.15, 0.2) is 0 Å². The number of methoxy groups -OCH3 is 1. The van der Waals surface area contributed by atoms with Gasteiger partial charge in [-0.2, -0.15) is 0 Å². The number of aliphatic imine (C=N–C) groups is 1. The highest BCUT2D eigenvalue weighted by Gasteiger charge is 2.04. The van der Waals surface area contributed by atoms with Crippen LogP contribution in [0.4, 0.5) is 5.69 Å². The van der Waals surface area contributed by atoms with E-state index in [9.17, 15) is 0 Å². The maximum absolute atomic E-state index is 5.12. The third-order valence-corrected chi connectivity index (χ3v) is 3.84. The van der Waals surface area contributed by atoms with E-state index in [1.54, 1.807) is 18.9 Å². The molecule has 0 bridgehead atoms. The van der Waals surface area contributed by atoms with E-state index in [2.05, 4.69) is 39.9 Å². The Balaban J connectivity index is 1.82. The molecule has 0 spiro atoms. The molecule has 0 saturated carbocycles. The summed E-state index contributed by atoms with van der Waals surface area (Å²) in [6, 6.07) is 7.79. The van der Waals surface area contributed by atoms with Crippen molar-refractivity contribution in [1.29, 1.82) is 0 Å². The van der Waals surface area contributed by atoms with Crippen LogP contribution >= 0.6 is 11.8 Å². The number of hydrogen-bond donors (Lipinski definition) is 2. The zero-order chi connectivity index (χ0) is 14.9. The van der Waals surface area contributed by atoms with Crippen LogP contribution in [-0.4, -0.2) is 20.5 Å². The summed E-state index contributed by atoms with van der Waals surface area (Å²) in [5, 5.41) is 8.53. The van der Waals surface area contributed by atoms with Crippen molar-refractivity contribution in [1.82, 2.24) is 5.32 Å². The first-order valence-electron chi connectivity index (χ1n) is 6.64. The number of anilines is 1. The van der Waals surface area contributed by atoms with Crippen molar-refractivity contribution in [2.24, 2.45) is 4.99 Å². The highest BCUT2D eigenvalue weighted by Crippen LogP contribution is 2.29. The summed E-state index contributed by atoms with van der Waals surface area (Å²) in [6.07, 6.45) is 7.08. The fraction of sp³-hybridized carbons (Fsp3) is 0.188. The van der Waals surface area contributed by atoms with Crippen LogP contribution in [0.2, 0.25) is 0 Å². The maximum Gasteiger partial charge on any atom is 0.119 e. The van der Waals surface area contributed by atoms with Crippen LogP contribution in [0, 0.1) is 0 Å². The molecule has 0 atom stereocenters. The van der Waals surface area contributed by atoms with Crippen molar-refractivity contribution in [2.45, 2.75) is 6.42 Å². The monoisotopic (exact) mass is 301 g/mol. The van der Waals surface area contributed by atoms with E-state index in [0.717, 1.165) is 28.5 Å². The molecule has 5 heteroatoms. The number of allylic oxidation sites excluding steroid dienone is 2. The van der Waals surface area contributed by atoms with Gasteiger partial charge in [-0.1, -0.05) is 23.9 Å². The summed E-state index contributed by atoms with van der Waals surface area (Å²) in [5.41, 5.74) is 1.89. The van der Waals surface area contributed by atoms with Crippen molar-refractivity contribution in [3.8, 4) is 5.75 Å². The highest BCUT2D eigenvalue weighted by atomic mass is 32.2. The molecular weight excluding hydrogens is 282 g/mol. The average molecular weight is 301 g/mol. The molecule has 0 aliphatic carbocycles. The third kappa shape index (κ3) is 4.72. The largest absolute Gasteiger partial charge is 0.497 e. The lowest BCUT2D eigenvalue weighted by Gasteiger charge is -2.10. The number of rotatable bonds is 7. The molecule has 21 heavy (non-hydrogen) atoms. The van der Waals surface area contributed by atoms with Crippen molar-refractivity contribution >= 4 is 24.2 Å². The van der Waals surface area contributed by atoms with Crippen LogP contribution in [0.15, 0.2) is 63.6 Å². The Morgan fingerprint density at radius 3 is 2.86 bits per heavy atom. The van der Waals surface area contributed by atoms with Crippen LogP contribution in [-0.2, 0) is 0 Å². The second kappa shape index (κ2) is 8.21. The van der Waals surface area contributed by atoms with E-state index in [4.69, 9.17) is 4.74 Å². The Hall–Kier alpha value is -2.14. The molecular formula is C16H19N3OS. The Labute approximate surface area is 129 Å². The van der Waals surface area contributed by atoms with Gasteiger partial charge in [0.2, 0.25) is 0 Å². The van der Waals surface area contributed by atoms with Gasteiger partial charge in [-0.25, -0.2) is 0 Å². The fourth-order valence-electron chi connectivity index (χ4n) is 1.77. The van der Waals surface area contributed by atoms with E-state index in [-0.39, 0.29) is 0 Å². The van der Waals surface area contributed by atoms with Crippen molar-refractivity contribution in [3.63, 3.8) is 0 Å². The van der Waals surface area contributed by atoms with Gasteiger partial charge in [-0.3, -0.25) is 4.99 Å². The maximum atomic E-state index is 5.12. The van der Waals surface area contributed by atoms with E-state index >= 15 is 0 Å². The van der Waals surface area contributed by atoms with Gasteiger partial charge in [-0.15, -0.1) is 0 Å². The second-order valence-corrected chi connectivity index (χ2v) is 5.22. The predicted octanol–water partition coefficient (Wildman–Crippen LogP) is 3.73. The fourth-order valence-corrected chi connectivity index (χ4v) is 2.56. The van der Waals surface area contributed by atoms with Crippen molar-refractivity contribution in [2.75, 3.05) is 19.1 Å². The number of thioether (sulfide) groups is 1. The minimum Gasteiger partial charge on any atom is -0.497 e. The first-order chi connectivity index (χ1) is 10.3. The topological polar surface area (TPSA) is 45.7 Å². The molecule has 1 aromatic carbocycles. The molecule has 1 aliphatic rings. The predicted molar refractivity (Wildman–Crippen MR) is 91.7 cm³/mol. The van der Waals surface area contributed by atoms with Crippen LogP contribution in [0.25, 0.3) is 0 Å². The standard InChI is InChI=1S/C16H19N3OS/c1-17-15(16-5-3-4-10-21-16)11-18-12-19-13-6-8-14(20-2)9-7-13/h4-11,18-19H,1,3,12H2,2H3/b15-11-. The minimum atomic E-state index is 0.610. The molecule has 0 fully saturated rings. The van der Waals surface area contributed by atoms with Gasteiger partial charge in [-0.05, 0) is 42.8 Å². The van der Waals surface area contributed by atoms with Crippen LogP contribution in [0.1, 0.15) is 6.42 Å². The Kier molecular flexibility index (Phi) is 5.97. The molecule has 1 aliphatic heterocycles. The molecule has 1 aromatic rings. The zero-order valence-corrected chi connectivity index (χ0v) is 12.8. The van der Waals surface area contributed by atoms with E-state index < -0.39 is 0 Å². The third-order valence-electron chi connectivity index (χ3n) is 2.88. The lowest BCUT2D eigenvalue weighted by Crippen LogP contribution is -2.16. The summed E-state index contributed by atoms with van der Waals surface area (Å²) in [6.45, 7) is 4.23. The average Bonchev–Trinajstić information content (AvgIpc) is 2.56. The van der Waals surface area contributed by atoms with Crippen molar-refractivity contribution in [3.05, 3.63) is 58.6 Å². The number of benzene rings is 1. The lowest BCUT2D eigenvalue weighted by molar-refractivity contribution is 0.415. The Bertz CT molecular complexity index is 561. The molecule has 0 radical (unpaired) electrons. The number of ether oxygens (including phenoxy) is 1. The molecule has 1 heterocycles. The second-order valence-electron chi connectivity index (χ2n) is 4.27. The number of nitrogens with zero attached hydrogens (tertiary/aromatic N) is 1.